The second kappa shape index (κ2) is 5.76. The van der Waals surface area contributed by atoms with Crippen molar-refractivity contribution >= 4 is 11.0 Å². The van der Waals surface area contributed by atoms with Crippen LogP contribution >= 0.6 is 0 Å². The molecule has 0 aliphatic carbocycles. The van der Waals surface area contributed by atoms with Crippen LogP contribution in [0.1, 0.15) is 24.8 Å². The number of nitrogens with zero attached hydrogens (tertiary/aromatic N) is 1. The van der Waals surface area contributed by atoms with Gasteiger partial charge in [0.2, 0.25) is 0 Å². The van der Waals surface area contributed by atoms with Gasteiger partial charge in [-0.05, 0) is 38.3 Å². The van der Waals surface area contributed by atoms with Crippen molar-refractivity contribution < 1.29 is 8.95 Å². The van der Waals surface area contributed by atoms with Crippen LogP contribution < -0.4 is 0 Å². The number of rotatable bonds is 3. The Balaban J connectivity index is 2.15. The predicted molar refractivity (Wildman–Crippen MR) is 68.9 cm³/mol. The van der Waals surface area contributed by atoms with Crippen molar-refractivity contribution in [3.05, 3.63) is 29.8 Å². The Hall–Kier alpha value is -0.710. The van der Waals surface area contributed by atoms with E-state index in [-0.39, 0.29) is 6.23 Å². The third kappa shape index (κ3) is 2.94. The number of ether oxygens (including phenoxy) is 1. The number of methoxy groups -OCH3 is 1. The summed E-state index contributed by atoms with van der Waals surface area (Å²) in [6.07, 6.45) is 3.21. The van der Waals surface area contributed by atoms with Crippen LogP contribution in [-0.4, -0.2) is 28.4 Å². The second-order valence-corrected chi connectivity index (χ2v) is 5.83. The molecule has 94 valence electrons. The first kappa shape index (κ1) is 12.7. The van der Waals surface area contributed by atoms with Crippen LogP contribution in [0.3, 0.4) is 0 Å². The summed E-state index contributed by atoms with van der Waals surface area (Å²) in [6, 6.07) is 7.87. The van der Waals surface area contributed by atoms with Gasteiger partial charge in [0, 0.05) is 13.7 Å². The third-order valence-corrected chi connectivity index (χ3v) is 4.63. The molecular formula is C13H19NO2S. The maximum atomic E-state index is 12.4. The van der Waals surface area contributed by atoms with Crippen molar-refractivity contribution in [1.29, 1.82) is 0 Å². The second-order valence-electron chi connectivity index (χ2n) is 4.39. The highest BCUT2D eigenvalue weighted by molar-refractivity contribution is 7.82. The lowest BCUT2D eigenvalue weighted by Crippen LogP contribution is -2.41. The smallest absolute Gasteiger partial charge is 0.129 e. The molecule has 17 heavy (non-hydrogen) atoms. The highest BCUT2D eigenvalue weighted by Crippen LogP contribution is 2.22. The van der Waals surface area contributed by atoms with E-state index in [0.717, 1.165) is 30.7 Å². The van der Waals surface area contributed by atoms with E-state index < -0.39 is 11.0 Å². The van der Waals surface area contributed by atoms with Crippen molar-refractivity contribution in [1.82, 2.24) is 4.31 Å². The van der Waals surface area contributed by atoms with E-state index in [0.29, 0.717) is 0 Å². The van der Waals surface area contributed by atoms with Crippen molar-refractivity contribution in [2.45, 2.75) is 37.3 Å². The fraction of sp³-hybridized carbons (Fsp3) is 0.538. The summed E-state index contributed by atoms with van der Waals surface area (Å²) >= 11 is 0. The van der Waals surface area contributed by atoms with E-state index in [9.17, 15) is 4.21 Å². The normalized spacial score (nSPS) is 23.5. The fourth-order valence-corrected chi connectivity index (χ4v) is 3.43. The molecule has 1 aliphatic rings. The van der Waals surface area contributed by atoms with Crippen LogP contribution in [0.15, 0.2) is 29.2 Å². The zero-order chi connectivity index (χ0) is 12.3. The molecule has 1 aliphatic heterocycles. The Morgan fingerprint density at radius 3 is 2.65 bits per heavy atom. The third-order valence-electron chi connectivity index (χ3n) is 3.11. The Morgan fingerprint density at radius 2 is 2.00 bits per heavy atom. The minimum atomic E-state index is -1.10. The van der Waals surface area contributed by atoms with Gasteiger partial charge in [-0.3, -0.25) is 0 Å². The molecule has 0 bridgehead atoms. The molecule has 1 unspecified atom stereocenters. The summed E-state index contributed by atoms with van der Waals surface area (Å²) in [5.41, 5.74) is 1.19. The monoisotopic (exact) mass is 253 g/mol. The Morgan fingerprint density at radius 1 is 1.29 bits per heavy atom. The molecule has 0 amide bonds. The Kier molecular flexibility index (Phi) is 4.31. The van der Waals surface area contributed by atoms with E-state index in [1.165, 1.54) is 5.56 Å². The summed E-state index contributed by atoms with van der Waals surface area (Å²) in [5, 5.41) is 0. The first-order chi connectivity index (χ1) is 8.22. The van der Waals surface area contributed by atoms with Crippen molar-refractivity contribution in [2.24, 2.45) is 0 Å². The summed E-state index contributed by atoms with van der Waals surface area (Å²) in [6.45, 7) is 2.88. The highest BCUT2D eigenvalue weighted by atomic mass is 32.2. The number of hydrogen-bond acceptors (Lipinski definition) is 2. The molecule has 0 spiro atoms. The summed E-state index contributed by atoms with van der Waals surface area (Å²) in [7, 11) is 0.590. The van der Waals surface area contributed by atoms with Crippen molar-refractivity contribution in [3.8, 4) is 0 Å². The van der Waals surface area contributed by atoms with Gasteiger partial charge < -0.3 is 4.74 Å². The largest absolute Gasteiger partial charge is 0.365 e. The van der Waals surface area contributed by atoms with Crippen LogP contribution in [0, 0.1) is 6.92 Å². The molecule has 0 aromatic heterocycles. The van der Waals surface area contributed by atoms with Gasteiger partial charge in [-0.2, -0.15) is 4.31 Å². The van der Waals surface area contributed by atoms with Gasteiger partial charge >= 0.3 is 0 Å². The van der Waals surface area contributed by atoms with Gasteiger partial charge in [-0.25, -0.2) is 4.21 Å². The van der Waals surface area contributed by atoms with Gasteiger partial charge in [-0.15, -0.1) is 0 Å². The van der Waals surface area contributed by atoms with E-state index in [1.54, 1.807) is 7.11 Å². The molecule has 0 saturated carbocycles. The van der Waals surface area contributed by atoms with Crippen LogP contribution in [0.25, 0.3) is 0 Å². The first-order valence-corrected chi connectivity index (χ1v) is 7.11. The minimum absolute atomic E-state index is 0.00844. The maximum absolute atomic E-state index is 12.4. The number of aryl methyl sites for hydroxylation is 1. The van der Waals surface area contributed by atoms with E-state index >= 15 is 0 Å². The maximum Gasteiger partial charge on any atom is 0.129 e. The molecule has 0 N–H and O–H groups in total. The average molecular weight is 253 g/mol. The Bertz CT molecular complexity index is 391. The zero-order valence-electron chi connectivity index (χ0n) is 10.4. The SMILES string of the molecule is CO[C@H]1CCCCN1S(=O)c1ccc(C)cc1. The fourth-order valence-electron chi connectivity index (χ4n) is 2.09. The number of benzene rings is 1. The summed E-state index contributed by atoms with van der Waals surface area (Å²) in [5.74, 6) is 0. The first-order valence-electron chi connectivity index (χ1n) is 6.00. The zero-order valence-corrected chi connectivity index (χ0v) is 11.2. The van der Waals surface area contributed by atoms with E-state index in [1.807, 2.05) is 35.5 Å². The lowest BCUT2D eigenvalue weighted by atomic mass is 10.1. The standard InChI is InChI=1S/C13H19NO2S/c1-11-6-8-12(9-7-11)17(15)14-10-4-3-5-13(14)16-2/h6-9,13H,3-5,10H2,1-2H3/t13-,17?/m0/s1. The van der Waals surface area contributed by atoms with Crippen molar-refractivity contribution in [3.63, 3.8) is 0 Å². The van der Waals surface area contributed by atoms with E-state index in [4.69, 9.17) is 4.74 Å². The summed E-state index contributed by atoms with van der Waals surface area (Å²) < 4.78 is 19.8. The summed E-state index contributed by atoms with van der Waals surface area (Å²) in [4.78, 5) is 0.861. The molecule has 2 rings (SSSR count). The van der Waals surface area contributed by atoms with Crippen LogP contribution in [0.4, 0.5) is 0 Å². The van der Waals surface area contributed by atoms with Gasteiger partial charge in [0.15, 0.2) is 0 Å². The molecule has 4 heteroatoms. The minimum Gasteiger partial charge on any atom is -0.365 e. The van der Waals surface area contributed by atoms with Crippen LogP contribution in [0.2, 0.25) is 0 Å². The molecule has 2 atom stereocenters. The predicted octanol–water partition coefficient (Wildman–Crippen LogP) is 2.48. The lowest BCUT2D eigenvalue weighted by molar-refractivity contribution is -0.00518. The van der Waals surface area contributed by atoms with Crippen molar-refractivity contribution in [2.75, 3.05) is 13.7 Å². The number of hydrogen-bond donors (Lipinski definition) is 0. The molecule has 1 fully saturated rings. The van der Waals surface area contributed by atoms with Gasteiger partial charge in [0.05, 0.1) is 4.90 Å². The van der Waals surface area contributed by atoms with Crippen LogP contribution in [0.5, 0.6) is 0 Å². The van der Waals surface area contributed by atoms with E-state index in [2.05, 4.69) is 0 Å². The van der Waals surface area contributed by atoms with Gasteiger partial charge in [0.1, 0.15) is 17.2 Å². The van der Waals surface area contributed by atoms with Crippen LogP contribution in [-0.2, 0) is 15.7 Å². The molecule has 1 saturated heterocycles. The quantitative estimate of drug-likeness (QED) is 0.828. The topological polar surface area (TPSA) is 29.5 Å². The Labute approximate surface area is 105 Å². The molecular weight excluding hydrogens is 234 g/mol. The highest BCUT2D eigenvalue weighted by Gasteiger charge is 2.27. The molecule has 1 aromatic rings. The molecule has 3 nitrogen and oxygen atoms in total. The number of piperidine rings is 1. The molecule has 0 radical (unpaired) electrons. The molecule has 1 heterocycles. The molecule has 1 aromatic carbocycles. The average Bonchev–Trinajstić information content (AvgIpc) is 2.39. The lowest BCUT2D eigenvalue weighted by Gasteiger charge is -2.32. The van der Waals surface area contributed by atoms with Gasteiger partial charge in [0.25, 0.3) is 0 Å². The van der Waals surface area contributed by atoms with Gasteiger partial charge in [-0.1, -0.05) is 17.7 Å².